The summed E-state index contributed by atoms with van der Waals surface area (Å²) in [6, 6.07) is 3.06. The predicted octanol–water partition coefficient (Wildman–Crippen LogP) is -0.480. The molecular formula is C6H10N2Si. The lowest BCUT2D eigenvalue weighted by atomic mass is 10.6. The van der Waals surface area contributed by atoms with Gasteiger partial charge >= 0.3 is 0 Å². The van der Waals surface area contributed by atoms with Crippen LogP contribution >= 0.6 is 0 Å². The molecule has 2 nitrogen and oxygen atoms in total. The average Bonchev–Trinajstić information content (AvgIpc) is 2.34. The van der Waals surface area contributed by atoms with Gasteiger partial charge in [0.15, 0.2) is 0 Å². The molecule has 0 aromatic rings. The molecule has 0 aromatic carbocycles. The molecule has 3 heteroatoms. The van der Waals surface area contributed by atoms with Gasteiger partial charge in [0.2, 0.25) is 0 Å². The van der Waals surface area contributed by atoms with Gasteiger partial charge in [0.1, 0.15) is 9.52 Å². The van der Waals surface area contributed by atoms with E-state index in [1.54, 1.807) is 0 Å². The number of nitrogens with zero attached hydrogens (tertiary/aromatic N) is 1. The van der Waals surface area contributed by atoms with E-state index in [0.717, 1.165) is 29.3 Å². The minimum atomic E-state index is 0.754. The van der Waals surface area contributed by atoms with E-state index in [2.05, 4.69) is 28.4 Å². The number of hydrogen-bond donors (Lipinski definition) is 1. The highest BCUT2D eigenvalue weighted by atomic mass is 28.2. The van der Waals surface area contributed by atoms with Gasteiger partial charge in [-0.2, -0.15) is 0 Å². The zero-order valence-corrected chi connectivity index (χ0v) is 6.57. The Morgan fingerprint density at radius 3 is 3.11 bits per heavy atom. The maximum Gasteiger partial charge on any atom is 0.147 e. The van der Waals surface area contributed by atoms with Crippen molar-refractivity contribution in [3.05, 3.63) is 0 Å². The highest BCUT2D eigenvalue weighted by molar-refractivity contribution is 6.44. The Morgan fingerprint density at radius 2 is 2.56 bits per heavy atom. The van der Waals surface area contributed by atoms with Gasteiger partial charge in [-0.15, -0.1) is 5.54 Å². The summed E-state index contributed by atoms with van der Waals surface area (Å²) < 4.78 is 0. The summed E-state index contributed by atoms with van der Waals surface area (Å²) >= 11 is 0. The minimum Gasteiger partial charge on any atom is -0.318 e. The van der Waals surface area contributed by atoms with E-state index in [1.807, 2.05) is 0 Å². The van der Waals surface area contributed by atoms with Crippen molar-refractivity contribution < 1.29 is 0 Å². The summed E-state index contributed by atoms with van der Waals surface area (Å²) in [4.78, 5) is 2.11. The van der Waals surface area contributed by atoms with Crippen LogP contribution in [0.3, 0.4) is 0 Å². The lowest BCUT2D eigenvalue weighted by Gasteiger charge is -2.03. The first-order valence-electron chi connectivity index (χ1n) is 3.06. The van der Waals surface area contributed by atoms with Crippen molar-refractivity contribution in [3.63, 3.8) is 0 Å². The molecule has 0 unspecified atom stereocenters. The van der Waals surface area contributed by atoms with Crippen LogP contribution in [0, 0.1) is 11.6 Å². The second-order valence-electron chi connectivity index (χ2n) is 1.91. The molecule has 0 aliphatic carbocycles. The van der Waals surface area contributed by atoms with Gasteiger partial charge in [0.05, 0.1) is 6.67 Å². The Kier molecular flexibility index (Phi) is 2.62. The third kappa shape index (κ3) is 2.08. The smallest absolute Gasteiger partial charge is 0.147 e. The van der Waals surface area contributed by atoms with E-state index < -0.39 is 0 Å². The standard InChI is InChI=1S/C6H10N2Si/c1-9-5-4-8-3-2-7-6-8/h7H,2-3,6H2,1H3. The van der Waals surface area contributed by atoms with Crippen LogP contribution in [0.15, 0.2) is 0 Å². The molecule has 0 bridgehead atoms. The van der Waals surface area contributed by atoms with E-state index in [9.17, 15) is 0 Å². The average molecular weight is 138 g/mol. The Labute approximate surface area is 58.4 Å². The Balaban J connectivity index is 2.26. The molecule has 0 atom stereocenters. The molecule has 1 saturated heterocycles. The fraction of sp³-hybridized carbons (Fsp3) is 0.667. The Hall–Kier alpha value is -0.463. The van der Waals surface area contributed by atoms with Crippen LogP contribution in [-0.4, -0.2) is 34.2 Å². The second-order valence-corrected chi connectivity index (χ2v) is 2.66. The zero-order chi connectivity index (χ0) is 6.53. The quantitative estimate of drug-likeness (QED) is 0.359. The Morgan fingerprint density at radius 1 is 1.67 bits per heavy atom. The van der Waals surface area contributed by atoms with Crippen molar-refractivity contribution in [2.75, 3.05) is 19.8 Å². The summed E-state index contributed by atoms with van der Waals surface area (Å²) in [5, 5.41) is 3.21. The van der Waals surface area contributed by atoms with E-state index in [-0.39, 0.29) is 0 Å². The van der Waals surface area contributed by atoms with Crippen molar-refractivity contribution in [2.45, 2.75) is 6.55 Å². The van der Waals surface area contributed by atoms with Crippen LogP contribution < -0.4 is 5.32 Å². The molecule has 2 radical (unpaired) electrons. The molecule has 0 amide bonds. The van der Waals surface area contributed by atoms with Crippen LogP contribution in [0.5, 0.6) is 0 Å². The van der Waals surface area contributed by atoms with Crippen molar-refractivity contribution >= 4 is 9.52 Å². The van der Waals surface area contributed by atoms with Gasteiger partial charge in [-0.05, 0) is 0 Å². The summed E-state index contributed by atoms with van der Waals surface area (Å²) in [6.07, 6.45) is 0. The highest BCUT2D eigenvalue weighted by Gasteiger charge is 2.04. The van der Waals surface area contributed by atoms with Gasteiger partial charge < -0.3 is 4.90 Å². The molecule has 1 aliphatic rings. The third-order valence-corrected chi connectivity index (χ3v) is 1.56. The molecule has 0 aromatic heterocycles. The highest BCUT2D eigenvalue weighted by Crippen LogP contribution is 1.86. The maximum absolute atomic E-state index is 3.21. The Bertz CT molecular complexity index is 130. The first-order valence-corrected chi connectivity index (χ1v) is 4.56. The van der Waals surface area contributed by atoms with Gasteiger partial charge in [-0.25, -0.2) is 0 Å². The van der Waals surface area contributed by atoms with Crippen LogP contribution in [0.1, 0.15) is 0 Å². The van der Waals surface area contributed by atoms with Crippen molar-refractivity contribution in [1.29, 1.82) is 0 Å². The van der Waals surface area contributed by atoms with Gasteiger partial charge in [-0.1, -0.05) is 6.55 Å². The zero-order valence-electron chi connectivity index (χ0n) is 5.57. The number of nitrogens with one attached hydrogen (secondary N) is 1. The largest absolute Gasteiger partial charge is 0.318 e. The van der Waals surface area contributed by atoms with Gasteiger partial charge in [0.25, 0.3) is 0 Å². The topological polar surface area (TPSA) is 15.3 Å². The fourth-order valence-corrected chi connectivity index (χ4v) is 1.01. The van der Waals surface area contributed by atoms with E-state index in [0.29, 0.717) is 0 Å². The molecule has 1 heterocycles. The van der Waals surface area contributed by atoms with Crippen LogP contribution in [-0.2, 0) is 0 Å². The summed E-state index contributed by atoms with van der Waals surface area (Å²) in [5.74, 6) is 0. The molecule has 1 fully saturated rings. The van der Waals surface area contributed by atoms with Crippen molar-refractivity contribution in [3.8, 4) is 11.6 Å². The molecule has 0 saturated carbocycles. The lowest BCUT2D eigenvalue weighted by molar-refractivity contribution is 0.489. The van der Waals surface area contributed by atoms with E-state index >= 15 is 0 Å². The van der Waals surface area contributed by atoms with Crippen molar-refractivity contribution in [2.24, 2.45) is 0 Å². The lowest BCUT2D eigenvalue weighted by Crippen LogP contribution is -2.15. The van der Waals surface area contributed by atoms with Gasteiger partial charge in [0, 0.05) is 19.1 Å². The molecule has 48 valence electrons. The summed E-state index contributed by atoms with van der Waals surface area (Å²) in [7, 11) is 0.754. The SMILES string of the molecule is C[Si]C#CN1CCNC1. The predicted molar refractivity (Wildman–Crippen MR) is 39.0 cm³/mol. The molecule has 1 aliphatic heterocycles. The molecule has 1 rings (SSSR count). The normalized spacial score (nSPS) is 17.2. The van der Waals surface area contributed by atoms with Crippen LogP contribution in [0.4, 0.5) is 0 Å². The monoisotopic (exact) mass is 138 g/mol. The molecular weight excluding hydrogens is 128 g/mol. The minimum absolute atomic E-state index is 0.754. The number of rotatable bonds is 0. The van der Waals surface area contributed by atoms with Crippen molar-refractivity contribution in [1.82, 2.24) is 10.2 Å². The third-order valence-electron chi connectivity index (χ3n) is 1.20. The molecule has 1 N–H and O–H groups in total. The summed E-state index contributed by atoms with van der Waals surface area (Å²) in [5.41, 5.74) is 3.05. The fourth-order valence-electron chi connectivity index (χ4n) is 0.737. The summed E-state index contributed by atoms with van der Waals surface area (Å²) in [6.45, 7) is 5.20. The number of hydrogen-bond acceptors (Lipinski definition) is 2. The van der Waals surface area contributed by atoms with Gasteiger partial charge in [-0.3, -0.25) is 5.32 Å². The maximum atomic E-state index is 3.21. The van der Waals surface area contributed by atoms with Crippen LogP contribution in [0.25, 0.3) is 0 Å². The second kappa shape index (κ2) is 3.54. The van der Waals surface area contributed by atoms with E-state index in [1.165, 1.54) is 0 Å². The van der Waals surface area contributed by atoms with Crippen LogP contribution in [0.2, 0.25) is 6.55 Å². The first-order chi connectivity index (χ1) is 4.43. The first kappa shape index (κ1) is 6.65. The molecule has 9 heavy (non-hydrogen) atoms. The molecule has 0 spiro atoms. The van der Waals surface area contributed by atoms with E-state index in [4.69, 9.17) is 0 Å².